The summed E-state index contributed by atoms with van der Waals surface area (Å²) in [5.41, 5.74) is 7.01. The van der Waals surface area contributed by atoms with E-state index in [9.17, 15) is 4.39 Å². The van der Waals surface area contributed by atoms with E-state index in [4.69, 9.17) is 22.7 Å². The van der Waals surface area contributed by atoms with E-state index in [-0.39, 0.29) is 11.7 Å². The third-order valence-electron chi connectivity index (χ3n) is 2.83. The molecule has 0 unspecified atom stereocenters. The second kappa shape index (κ2) is 5.28. The highest BCUT2D eigenvalue weighted by atomic mass is 35.5. The summed E-state index contributed by atoms with van der Waals surface area (Å²) < 4.78 is 13.7. The Hall–Kier alpha value is -2.07. The first-order valence-corrected chi connectivity index (χ1v) is 6.00. The van der Waals surface area contributed by atoms with Crippen LogP contribution in [0.2, 0.25) is 5.02 Å². The molecule has 0 aliphatic heterocycles. The maximum atomic E-state index is 13.7. The molecule has 0 amide bonds. The Labute approximate surface area is 115 Å². The van der Waals surface area contributed by atoms with Crippen molar-refractivity contribution in [2.24, 2.45) is 5.73 Å². The van der Waals surface area contributed by atoms with Crippen LogP contribution in [0.15, 0.2) is 42.5 Å². The molecular formula is C14H13ClFN3. The van der Waals surface area contributed by atoms with E-state index >= 15 is 0 Å². The monoisotopic (exact) mass is 277 g/mol. The van der Waals surface area contributed by atoms with Crippen LogP contribution in [0.25, 0.3) is 0 Å². The van der Waals surface area contributed by atoms with Crippen LogP contribution in [0.3, 0.4) is 0 Å². The Balaban J connectivity index is 2.42. The quantitative estimate of drug-likeness (QED) is 0.666. The number of nitrogens with two attached hydrogens (primary N) is 1. The highest BCUT2D eigenvalue weighted by Gasteiger charge is 2.12. The van der Waals surface area contributed by atoms with E-state index < -0.39 is 0 Å². The molecule has 0 saturated heterocycles. The smallest absolute Gasteiger partial charge is 0.146 e. The van der Waals surface area contributed by atoms with E-state index in [2.05, 4.69) is 0 Å². The lowest BCUT2D eigenvalue weighted by Gasteiger charge is -2.21. The first-order chi connectivity index (χ1) is 9.00. The average Bonchev–Trinajstić information content (AvgIpc) is 2.38. The fraction of sp³-hybridized carbons (Fsp3) is 0.0714. The van der Waals surface area contributed by atoms with E-state index in [1.807, 2.05) is 0 Å². The van der Waals surface area contributed by atoms with Gasteiger partial charge >= 0.3 is 0 Å². The van der Waals surface area contributed by atoms with E-state index in [1.165, 1.54) is 6.07 Å². The number of rotatable bonds is 3. The standard InChI is InChI=1S/C14H13ClFN3/c1-19(13-5-3-2-4-11(13)16)12-7-6-9(14(17)18)8-10(12)15/h2-8H,1H3,(H3,17,18). The predicted octanol–water partition coefficient (Wildman–Crippen LogP) is 3.53. The number of hydrogen-bond acceptors (Lipinski definition) is 2. The summed E-state index contributed by atoms with van der Waals surface area (Å²) in [5.74, 6) is -0.376. The molecule has 0 spiro atoms. The van der Waals surface area contributed by atoms with Crippen LogP contribution < -0.4 is 10.6 Å². The summed E-state index contributed by atoms with van der Waals surface area (Å²) in [7, 11) is 1.73. The molecule has 2 rings (SSSR count). The van der Waals surface area contributed by atoms with Crippen LogP contribution >= 0.6 is 11.6 Å². The van der Waals surface area contributed by atoms with Crippen molar-refractivity contribution >= 4 is 28.8 Å². The lowest BCUT2D eigenvalue weighted by Crippen LogP contribution is -2.14. The number of para-hydroxylation sites is 1. The maximum absolute atomic E-state index is 13.7. The number of nitrogen functional groups attached to an aromatic ring is 1. The number of halogens is 2. The van der Waals surface area contributed by atoms with E-state index in [0.717, 1.165) is 0 Å². The van der Waals surface area contributed by atoms with Gasteiger partial charge in [-0.1, -0.05) is 23.7 Å². The molecule has 0 radical (unpaired) electrons. The van der Waals surface area contributed by atoms with Crippen molar-refractivity contribution in [3.8, 4) is 0 Å². The topological polar surface area (TPSA) is 53.1 Å². The molecule has 0 bridgehead atoms. The van der Waals surface area contributed by atoms with Gasteiger partial charge < -0.3 is 10.6 Å². The fourth-order valence-corrected chi connectivity index (χ4v) is 2.11. The highest BCUT2D eigenvalue weighted by molar-refractivity contribution is 6.33. The Morgan fingerprint density at radius 3 is 2.47 bits per heavy atom. The number of hydrogen-bond donors (Lipinski definition) is 2. The molecule has 19 heavy (non-hydrogen) atoms. The van der Waals surface area contributed by atoms with Crippen LogP contribution in [-0.4, -0.2) is 12.9 Å². The molecule has 2 aromatic carbocycles. The summed E-state index contributed by atoms with van der Waals surface area (Å²) in [4.78, 5) is 1.65. The minimum atomic E-state index is -0.322. The Bertz CT molecular complexity index is 628. The van der Waals surface area contributed by atoms with Crippen LogP contribution in [0, 0.1) is 11.2 Å². The molecule has 0 fully saturated rings. The Morgan fingerprint density at radius 1 is 1.21 bits per heavy atom. The van der Waals surface area contributed by atoms with Crippen molar-refractivity contribution in [3.05, 3.63) is 58.9 Å². The molecule has 5 heteroatoms. The molecular weight excluding hydrogens is 265 g/mol. The zero-order valence-corrected chi connectivity index (χ0v) is 11.1. The first kappa shape index (κ1) is 13.4. The Kier molecular flexibility index (Phi) is 3.71. The summed E-state index contributed by atoms with van der Waals surface area (Å²) in [6.45, 7) is 0. The zero-order chi connectivity index (χ0) is 14.0. The van der Waals surface area contributed by atoms with Gasteiger partial charge in [-0.15, -0.1) is 0 Å². The van der Waals surface area contributed by atoms with Gasteiger partial charge in [-0.05, 0) is 30.3 Å². The third-order valence-corrected chi connectivity index (χ3v) is 3.14. The molecule has 0 aliphatic rings. The lowest BCUT2D eigenvalue weighted by molar-refractivity contribution is 0.627. The van der Waals surface area contributed by atoms with Gasteiger partial charge in [0.15, 0.2) is 0 Å². The maximum Gasteiger partial charge on any atom is 0.146 e. The van der Waals surface area contributed by atoms with Crippen molar-refractivity contribution < 1.29 is 4.39 Å². The van der Waals surface area contributed by atoms with Gasteiger partial charge in [0.25, 0.3) is 0 Å². The van der Waals surface area contributed by atoms with Crippen molar-refractivity contribution in [3.63, 3.8) is 0 Å². The van der Waals surface area contributed by atoms with Gasteiger partial charge in [0.2, 0.25) is 0 Å². The predicted molar refractivity (Wildman–Crippen MR) is 76.9 cm³/mol. The number of nitrogens with zero attached hydrogens (tertiary/aromatic N) is 1. The molecule has 3 N–H and O–H groups in total. The first-order valence-electron chi connectivity index (χ1n) is 5.63. The largest absolute Gasteiger partial charge is 0.384 e. The molecule has 3 nitrogen and oxygen atoms in total. The number of nitrogens with one attached hydrogen (secondary N) is 1. The minimum Gasteiger partial charge on any atom is -0.384 e. The summed E-state index contributed by atoms with van der Waals surface area (Å²) >= 11 is 6.15. The lowest BCUT2D eigenvalue weighted by atomic mass is 10.1. The normalized spacial score (nSPS) is 10.3. The van der Waals surface area contributed by atoms with E-state index in [1.54, 1.807) is 48.3 Å². The minimum absolute atomic E-state index is 0.0537. The molecule has 0 atom stereocenters. The number of anilines is 2. The van der Waals surface area contributed by atoms with E-state index in [0.29, 0.717) is 22.0 Å². The van der Waals surface area contributed by atoms with Crippen LogP contribution in [0.4, 0.5) is 15.8 Å². The molecule has 0 aromatic heterocycles. The molecule has 98 valence electrons. The highest BCUT2D eigenvalue weighted by Crippen LogP contribution is 2.32. The summed E-state index contributed by atoms with van der Waals surface area (Å²) in [6, 6.07) is 11.4. The summed E-state index contributed by atoms with van der Waals surface area (Å²) in [6.07, 6.45) is 0. The molecule has 0 heterocycles. The SMILES string of the molecule is CN(c1ccccc1F)c1ccc(C(=N)N)cc1Cl. The van der Waals surface area contributed by atoms with Crippen LogP contribution in [0.5, 0.6) is 0 Å². The van der Waals surface area contributed by atoms with Crippen LogP contribution in [-0.2, 0) is 0 Å². The van der Waals surface area contributed by atoms with Crippen LogP contribution in [0.1, 0.15) is 5.56 Å². The van der Waals surface area contributed by atoms with Crippen molar-refractivity contribution in [2.45, 2.75) is 0 Å². The molecule has 2 aromatic rings. The van der Waals surface area contributed by atoms with Gasteiger partial charge in [-0.25, -0.2) is 4.39 Å². The van der Waals surface area contributed by atoms with Gasteiger partial charge in [-0.3, -0.25) is 5.41 Å². The van der Waals surface area contributed by atoms with Crippen molar-refractivity contribution in [2.75, 3.05) is 11.9 Å². The fourth-order valence-electron chi connectivity index (χ4n) is 1.80. The van der Waals surface area contributed by atoms with Crippen molar-refractivity contribution in [1.82, 2.24) is 0 Å². The second-order valence-electron chi connectivity index (χ2n) is 4.09. The summed E-state index contributed by atoms with van der Waals surface area (Å²) in [5, 5.41) is 7.77. The molecule has 0 aliphatic carbocycles. The van der Waals surface area contributed by atoms with Gasteiger partial charge in [0.1, 0.15) is 11.7 Å². The van der Waals surface area contributed by atoms with Gasteiger partial charge in [0, 0.05) is 12.6 Å². The Morgan fingerprint density at radius 2 is 1.89 bits per heavy atom. The number of benzene rings is 2. The van der Waals surface area contributed by atoms with Gasteiger partial charge in [-0.2, -0.15) is 0 Å². The molecule has 0 saturated carbocycles. The second-order valence-corrected chi connectivity index (χ2v) is 4.50. The third kappa shape index (κ3) is 2.69. The van der Waals surface area contributed by atoms with Crippen molar-refractivity contribution in [1.29, 1.82) is 5.41 Å². The zero-order valence-electron chi connectivity index (χ0n) is 10.3. The average molecular weight is 278 g/mol. The van der Waals surface area contributed by atoms with Gasteiger partial charge in [0.05, 0.1) is 16.4 Å². The number of amidine groups is 1.